The van der Waals surface area contributed by atoms with E-state index in [-0.39, 0.29) is 25.2 Å². The zero-order valence-corrected chi connectivity index (χ0v) is 33.8. The second kappa shape index (κ2) is 35.9. The third-order valence-electron chi connectivity index (χ3n) is 9.83. The van der Waals surface area contributed by atoms with E-state index in [0.29, 0.717) is 90.4 Å². The first-order chi connectivity index (χ1) is 26.1. The van der Waals surface area contributed by atoms with E-state index < -0.39 is 47.9 Å². The standard InChI is InChI=1S/C40H80N8O6/c1-2-3-4-5-6-7-8-9-10-11-12-13-14-27-36(49)45-32(23-15-19-28-41)37(50)46-33(24-16-20-29-42)38(51)47-34(25-17-21-30-43)39(52)48-35(40(53)54)26-18-22-31-44/h32-35H,2-31,41-44H2,1H3,(H,45,49)(H,46,50)(H,47,51)(H,48,52)(H,53,54)/t32-,33-,34-,35-/m0/s1. The fourth-order valence-corrected chi connectivity index (χ4v) is 6.42. The van der Waals surface area contributed by atoms with Crippen LogP contribution >= 0.6 is 0 Å². The largest absolute Gasteiger partial charge is 0.480 e. The van der Waals surface area contributed by atoms with Crippen molar-refractivity contribution >= 4 is 29.6 Å². The van der Waals surface area contributed by atoms with E-state index in [1.54, 1.807) is 0 Å². The van der Waals surface area contributed by atoms with Crippen molar-refractivity contribution in [3.63, 3.8) is 0 Å². The average molecular weight is 769 g/mol. The molecule has 4 amide bonds. The molecule has 0 spiro atoms. The number of unbranched alkanes of at least 4 members (excludes halogenated alkanes) is 16. The Morgan fingerprint density at radius 1 is 0.407 bits per heavy atom. The molecule has 0 fully saturated rings. The molecule has 0 aliphatic carbocycles. The smallest absolute Gasteiger partial charge is 0.326 e. The van der Waals surface area contributed by atoms with Crippen LogP contribution in [-0.2, 0) is 24.0 Å². The first kappa shape index (κ1) is 51.2. The third kappa shape index (κ3) is 27.7. The van der Waals surface area contributed by atoms with Gasteiger partial charge in [0.05, 0.1) is 0 Å². The maximum atomic E-state index is 13.7. The van der Waals surface area contributed by atoms with Crippen LogP contribution in [0.15, 0.2) is 0 Å². The van der Waals surface area contributed by atoms with E-state index in [9.17, 15) is 29.1 Å². The number of rotatable bonds is 38. The predicted molar refractivity (Wildman–Crippen MR) is 217 cm³/mol. The minimum atomic E-state index is -1.17. The lowest BCUT2D eigenvalue weighted by molar-refractivity contribution is -0.142. The molecule has 0 heterocycles. The number of hydrogen-bond donors (Lipinski definition) is 9. The monoisotopic (exact) mass is 769 g/mol. The summed E-state index contributed by atoms with van der Waals surface area (Å²) in [5, 5.41) is 20.8. The van der Waals surface area contributed by atoms with Crippen LogP contribution in [0, 0.1) is 0 Å². The molecule has 14 nitrogen and oxygen atoms in total. The van der Waals surface area contributed by atoms with Gasteiger partial charge in [0.15, 0.2) is 0 Å². The van der Waals surface area contributed by atoms with Gasteiger partial charge in [0, 0.05) is 6.42 Å². The average Bonchev–Trinajstić information content (AvgIpc) is 3.15. The molecule has 0 aliphatic rings. The van der Waals surface area contributed by atoms with E-state index in [0.717, 1.165) is 19.3 Å². The summed E-state index contributed by atoms with van der Waals surface area (Å²) in [5.74, 6) is -3.04. The van der Waals surface area contributed by atoms with Crippen molar-refractivity contribution in [3.05, 3.63) is 0 Å². The summed E-state index contributed by atoms with van der Waals surface area (Å²) in [6.45, 7) is 3.91. The fraction of sp³-hybridized carbons (Fsp3) is 0.875. The van der Waals surface area contributed by atoms with Gasteiger partial charge in [-0.3, -0.25) is 19.2 Å². The highest BCUT2D eigenvalue weighted by atomic mass is 16.4. The van der Waals surface area contributed by atoms with Crippen molar-refractivity contribution in [2.75, 3.05) is 26.2 Å². The molecule has 0 aromatic heterocycles. The van der Waals surface area contributed by atoms with Crippen molar-refractivity contribution in [3.8, 4) is 0 Å². The fourth-order valence-electron chi connectivity index (χ4n) is 6.42. The highest BCUT2D eigenvalue weighted by Crippen LogP contribution is 2.14. The molecule has 54 heavy (non-hydrogen) atoms. The normalized spacial score (nSPS) is 13.4. The molecule has 0 aromatic rings. The molecule has 0 aromatic carbocycles. The molecule has 0 rings (SSSR count). The summed E-state index contributed by atoms with van der Waals surface area (Å²) in [4.78, 5) is 65.5. The van der Waals surface area contributed by atoms with Crippen LogP contribution in [0.3, 0.4) is 0 Å². The number of carboxylic acids is 1. The number of nitrogens with two attached hydrogens (primary N) is 4. The zero-order chi connectivity index (χ0) is 40.2. The summed E-state index contributed by atoms with van der Waals surface area (Å²) in [6.07, 6.45) is 21.9. The molecular weight excluding hydrogens is 688 g/mol. The Labute approximate surface area is 326 Å². The van der Waals surface area contributed by atoms with Gasteiger partial charge >= 0.3 is 5.97 Å². The Hall–Kier alpha value is -2.81. The van der Waals surface area contributed by atoms with Crippen LogP contribution in [0.1, 0.15) is 174 Å². The van der Waals surface area contributed by atoms with E-state index in [1.165, 1.54) is 64.2 Å². The van der Waals surface area contributed by atoms with E-state index in [2.05, 4.69) is 28.2 Å². The van der Waals surface area contributed by atoms with Crippen molar-refractivity contribution in [2.24, 2.45) is 22.9 Å². The van der Waals surface area contributed by atoms with Crippen molar-refractivity contribution < 1.29 is 29.1 Å². The minimum absolute atomic E-state index is 0.203. The first-order valence-corrected chi connectivity index (χ1v) is 21.4. The molecule has 0 saturated carbocycles. The van der Waals surface area contributed by atoms with Crippen LogP contribution in [0.4, 0.5) is 0 Å². The highest BCUT2D eigenvalue weighted by Gasteiger charge is 2.31. The Balaban J connectivity index is 5.35. The van der Waals surface area contributed by atoms with Gasteiger partial charge in [0.25, 0.3) is 0 Å². The summed E-state index contributed by atoms with van der Waals surface area (Å²) in [5.41, 5.74) is 22.6. The van der Waals surface area contributed by atoms with Gasteiger partial charge < -0.3 is 49.3 Å². The molecule has 0 saturated heterocycles. The summed E-state index contributed by atoms with van der Waals surface area (Å²) in [6, 6.07) is -4.00. The molecule has 0 bridgehead atoms. The highest BCUT2D eigenvalue weighted by molar-refractivity contribution is 5.95. The number of carboxylic acid groups (broad SMARTS) is 1. The van der Waals surface area contributed by atoms with E-state index in [4.69, 9.17) is 22.9 Å². The number of aliphatic carboxylic acids is 1. The zero-order valence-electron chi connectivity index (χ0n) is 33.8. The van der Waals surface area contributed by atoms with Crippen LogP contribution in [0.2, 0.25) is 0 Å². The number of amides is 4. The number of nitrogens with one attached hydrogen (secondary N) is 4. The van der Waals surface area contributed by atoms with Gasteiger partial charge in [-0.05, 0) is 110 Å². The van der Waals surface area contributed by atoms with Gasteiger partial charge in [-0.25, -0.2) is 4.79 Å². The summed E-state index contributed by atoms with van der Waals surface area (Å²) in [7, 11) is 0. The van der Waals surface area contributed by atoms with Gasteiger partial charge in [-0.2, -0.15) is 0 Å². The van der Waals surface area contributed by atoms with E-state index in [1.807, 2.05) is 0 Å². The van der Waals surface area contributed by atoms with Crippen molar-refractivity contribution in [1.29, 1.82) is 0 Å². The van der Waals surface area contributed by atoms with Crippen LogP contribution in [0.25, 0.3) is 0 Å². The number of hydrogen-bond acceptors (Lipinski definition) is 9. The van der Waals surface area contributed by atoms with Gasteiger partial charge in [-0.15, -0.1) is 0 Å². The van der Waals surface area contributed by atoms with Gasteiger partial charge in [-0.1, -0.05) is 84.0 Å². The number of carbonyl (C=O) groups excluding carboxylic acids is 4. The van der Waals surface area contributed by atoms with Crippen molar-refractivity contribution in [2.45, 2.75) is 198 Å². The molecule has 316 valence electrons. The lowest BCUT2D eigenvalue weighted by Crippen LogP contribution is -2.57. The maximum Gasteiger partial charge on any atom is 0.326 e. The van der Waals surface area contributed by atoms with Crippen LogP contribution < -0.4 is 44.2 Å². The van der Waals surface area contributed by atoms with Gasteiger partial charge in [0.2, 0.25) is 23.6 Å². The lowest BCUT2D eigenvalue weighted by Gasteiger charge is -2.26. The van der Waals surface area contributed by atoms with E-state index >= 15 is 0 Å². The maximum absolute atomic E-state index is 13.7. The Kier molecular flexibility index (Phi) is 34.0. The quantitative estimate of drug-likeness (QED) is 0.0408. The SMILES string of the molecule is CCCCCCCCCCCCCCCC(=O)N[C@@H](CCCCN)C(=O)N[C@@H](CCCCN)C(=O)N[C@@H](CCCCN)C(=O)N[C@@H](CCCCN)C(=O)O. The van der Waals surface area contributed by atoms with Gasteiger partial charge in [0.1, 0.15) is 24.2 Å². The molecular formula is C40H80N8O6. The van der Waals surface area contributed by atoms with Crippen molar-refractivity contribution in [1.82, 2.24) is 21.3 Å². The molecule has 14 heteroatoms. The molecule has 0 aliphatic heterocycles. The topological polar surface area (TPSA) is 258 Å². The Morgan fingerprint density at radius 2 is 0.704 bits per heavy atom. The first-order valence-electron chi connectivity index (χ1n) is 21.4. The lowest BCUT2D eigenvalue weighted by atomic mass is 10.0. The van der Waals surface area contributed by atoms with Crippen LogP contribution in [-0.4, -0.2) is 85.1 Å². The second-order valence-corrected chi connectivity index (χ2v) is 14.8. The summed E-state index contributed by atoms with van der Waals surface area (Å²) < 4.78 is 0. The Bertz CT molecular complexity index is 988. The molecule has 4 atom stereocenters. The predicted octanol–water partition coefficient (Wildman–Crippen LogP) is 4.01. The third-order valence-corrected chi connectivity index (χ3v) is 9.83. The summed E-state index contributed by atoms with van der Waals surface area (Å²) >= 11 is 0. The molecule has 13 N–H and O–H groups in total. The molecule has 0 radical (unpaired) electrons. The van der Waals surface area contributed by atoms with Crippen LogP contribution in [0.5, 0.6) is 0 Å². The Morgan fingerprint density at radius 3 is 1.04 bits per heavy atom. The minimum Gasteiger partial charge on any atom is -0.480 e. The number of carbonyl (C=O) groups is 5. The second-order valence-electron chi connectivity index (χ2n) is 14.8. The molecule has 0 unspecified atom stereocenters.